The van der Waals surface area contributed by atoms with Gasteiger partial charge >= 0.3 is 6.09 Å². The summed E-state index contributed by atoms with van der Waals surface area (Å²) in [6, 6.07) is 5.43. The lowest BCUT2D eigenvalue weighted by Crippen LogP contribution is -2.71. The summed E-state index contributed by atoms with van der Waals surface area (Å²) in [5, 5.41) is 3.82. The lowest BCUT2D eigenvalue weighted by atomic mass is 9.79. The first-order valence-corrected chi connectivity index (χ1v) is 8.99. The molecule has 1 spiro atoms. The fourth-order valence-corrected chi connectivity index (χ4v) is 3.83. The molecular weight excluding hydrogens is 367 g/mol. The average Bonchev–Trinajstić information content (AvgIpc) is 2.90. The van der Waals surface area contributed by atoms with Crippen molar-refractivity contribution >= 4 is 35.2 Å². The molecule has 1 aromatic carbocycles. The molecule has 6 nitrogen and oxygen atoms in total. The van der Waals surface area contributed by atoms with Crippen LogP contribution in [0.15, 0.2) is 18.2 Å². The molecule has 1 aliphatic carbocycles. The van der Waals surface area contributed by atoms with E-state index in [1.54, 1.807) is 17.0 Å². The lowest BCUT2D eigenvalue weighted by Gasteiger charge is -2.48. The van der Waals surface area contributed by atoms with Crippen molar-refractivity contribution < 1.29 is 19.1 Å². The minimum Gasteiger partial charge on any atom is -0.447 e. The second-order valence-electron chi connectivity index (χ2n) is 7.03. The third kappa shape index (κ3) is 3.30. The highest BCUT2D eigenvalue weighted by atomic mass is 35.5. The smallest absolute Gasteiger partial charge is 0.407 e. The number of likely N-dealkylation sites (tertiary alicyclic amines) is 1. The van der Waals surface area contributed by atoms with E-state index < -0.39 is 6.09 Å². The maximum absolute atomic E-state index is 12.4. The molecule has 0 atom stereocenters. The van der Waals surface area contributed by atoms with Crippen molar-refractivity contribution in [3.63, 3.8) is 0 Å². The third-order valence-corrected chi connectivity index (χ3v) is 5.80. The Balaban J connectivity index is 1.20. The number of benzene rings is 1. The molecule has 1 saturated carbocycles. The second kappa shape index (κ2) is 6.34. The Hall–Kier alpha value is -1.50. The van der Waals surface area contributed by atoms with Crippen LogP contribution in [0, 0.1) is 5.92 Å². The summed E-state index contributed by atoms with van der Waals surface area (Å²) in [6.45, 7) is 1.86. The van der Waals surface area contributed by atoms with Crippen LogP contribution in [-0.4, -0.2) is 48.2 Å². The van der Waals surface area contributed by atoms with E-state index in [0.29, 0.717) is 36.3 Å². The van der Waals surface area contributed by atoms with Crippen LogP contribution in [0.3, 0.4) is 0 Å². The van der Waals surface area contributed by atoms with Crippen LogP contribution in [0.1, 0.15) is 18.4 Å². The van der Waals surface area contributed by atoms with Crippen LogP contribution in [-0.2, 0) is 20.9 Å². The number of alkyl carbamates (subject to hydrolysis) is 1. The van der Waals surface area contributed by atoms with Gasteiger partial charge in [-0.25, -0.2) is 4.79 Å². The largest absolute Gasteiger partial charge is 0.447 e. The Morgan fingerprint density at radius 2 is 2.08 bits per heavy atom. The zero-order valence-corrected chi connectivity index (χ0v) is 15.0. The Morgan fingerprint density at radius 1 is 1.32 bits per heavy atom. The molecule has 2 saturated heterocycles. The maximum atomic E-state index is 12.4. The molecule has 0 aromatic heterocycles. The molecule has 3 aliphatic rings. The number of hydrogen-bond donors (Lipinski definition) is 1. The summed E-state index contributed by atoms with van der Waals surface area (Å²) in [6.07, 6.45) is 1.15. The number of cyclic esters (lactones) is 1. The van der Waals surface area contributed by atoms with Gasteiger partial charge in [-0.05, 0) is 30.5 Å². The summed E-state index contributed by atoms with van der Waals surface area (Å²) >= 11 is 11.9. The van der Waals surface area contributed by atoms with E-state index >= 15 is 0 Å². The number of carbonyl (C=O) groups is 2. The van der Waals surface area contributed by atoms with Crippen molar-refractivity contribution in [1.29, 1.82) is 0 Å². The number of halogens is 2. The van der Waals surface area contributed by atoms with Gasteiger partial charge < -0.3 is 19.7 Å². The van der Waals surface area contributed by atoms with Crippen LogP contribution in [0.4, 0.5) is 4.79 Å². The predicted molar refractivity (Wildman–Crippen MR) is 91.6 cm³/mol. The van der Waals surface area contributed by atoms with Gasteiger partial charge in [0.15, 0.2) is 0 Å². The van der Waals surface area contributed by atoms with Crippen LogP contribution < -0.4 is 5.32 Å². The summed E-state index contributed by atoms with van der Waals surface area (Å²) in [5.41, 5.74) is 0.603. The number of hydrogen-bond acceptors (Lipinski definition) is 4. The van der Waals surface area contributed by atoms with Gasteiger partial charge in [0.05, 0.1) is 22.8 Å². The molecule has 134 valence electrons. The first-order valence-electron chi connectivity index (χ1n) is 8.23. The minimum absolute atomic E-state index is 0.00850. The number of ether oxygens (including phenoxy) is 2. The van der Waals surface area contributed by atoms with Gasteiger partial charge in [0.25, 0.3) is 0 Å². The Bertz CT molecular complexity index is 715. The lowest BCUT2D eigenvalue weighted by molar-refractivity contribution is -0.153. The van der Waals surface area contributed by atoms with E-state index in [1.165, 1.54) is 0 Å². The molecule has 0 bridgehead atoms. The van der Waals surface area contributed by atoms with Crippen LogP contribution in [0.25, 0.3) is 0 Å². The number of carbonyl (C=O) groups excluding carboxylic acids is 2. The molecule has 8 heteroatoms. The van der Waals surface area contributed by atoms with Crippen molar-refractivity contribution in [3.8, 4) is 0 Å². The van der Waals surface area contributed by atoms with Gasteiger partial charge in [0, 0.05) is 19.0 Å². The van der Waals surface area contributed by atoms with Gasteiger partial charge in [-0.2, -0.15) is 0 Å². The quantitative estimate of drug-likeness (QED) is 0.865. The molecule has 3 fully saturated rings. The van der Waals surface area contributed by atoms with Gasteiger partial charge in [0.1, 0.15) is 12.1 Å². The highest BCUT2D eigenvalue weighted by Gasteiger charge is 2.53. The molecule has 2 amide bonds. The molecule has 1 N–H and O–H groups in total. The van der Waals surface area contributed by atoms with Crippen LogP contribution in [0.2, 0.25) is 10.0 Å². The molecular formula is C17H18Cl2N2O4. The van der Waals surface area contributed by atoms with E-state index in [2.05, 4.69) is 5.32 Å². The number of rotatable bonds is 4. The zero-order chi connectivity index (χ0) is 17.6. The summed E-state index contributed by atoms with van der Waals surface area (Å²) in [7, 11) is 0. The monoisotopic (exact) mass is 384 g/mol. The Kier molecular flexibility index (Phi) is 4.30. The molecule has 25 heavy (non-hydrogen) atoms. The average molecular weight is 385 g/mol. The summed E-state index contributed by atoms with van der Waals surface area (Å²) in [5.74, 6) is 0.148. The van der Waals surface area contributed by atoms with E-state index in [0.717, 1.165) is 18.4 Å². The Morgan fingerprint density at radius 3 is 2.72 bits per heavy atom. The fourth-order valence-electron chi connectivity index (χ4n) is 3.51. The number of amides is 2. The molecule has 2 heterocycles. The van der Waals surface area contributed by atoms with Crippen molar-refractivity contribution in [1.82, 2.24) is 10.2 Å². The van der Waals surface area contributed by atoms with Gasteiger partial charge in [-0.15, -0.1) is 0 Å². The van der Waals surface area contributed by atoms with Gasteiger partial charge in [-0.3, -0.25) is 4.79 Å². The minimum atomic E-state index is -0.397. The highest BCUT2D eigenvalue weighted by molar-refractivity contribution is 6.42. The van der Waals surface area contributed by atoms with Crippen molar-refractivity contribution in [2.45, 2.75) is 31.1 Å². The van der Waals surface area contributed by atoms with Crippen molar-refractivity contribution in [2.75, 3.05) is 19.7 Å². The van der Waals surface area contributed by atoms with Crippen LogP contribution >= 0.6 is 23.2 Å². The van der Waals surface area contributed by atoms with Gasteiger partial charge in [0.2, 0.25) is 5.91 Å². The zero-order valence-electron chi connectivity index (χ0n) is 13.5. The van der Waals surface area contributed by atoms with E-state index in [9.17, 15) is 9.59 Å². The first kappa shape index (κ1) is 16.9. The third-order valence-electron chi connectivity index (χ3n) is 5.06. The van der Waals surface area contributed by atoms with E-state index in [1.807, 2.05) is 6.07 Å². The normalized spacial score (nSPS) is 26.6. The van der Waals surface area contributed by atoms with Crippen molar-refractivity contribution in [2.24, 2.45) is 5.92 Å². The van der Waals surface area contributed by atoms with Crippen molar-refractivity contribution in [3.05, 3.63) is 33.8 Å². The Labute approximate surface area is 155 Å². The van der Waals surface area contributed by atoms with Gasteiger partial charge in [-0.1, -0.05) is 29.3 Å². The summed E-state index contributed by atoms with van der Waals surface area (Å²) < 4.78 is 10.7. The fraction of sp³-hybridized carbons (Fsp3) is 0.529. The molecule has 0 radical (unpaired) electrons. The summed E-state index contributed by atoms with van der Waals surface area (Å²) in [4.78, 5) is 25.3. The molecule has 4 rings (SSSR count). The second-order valence-corrected chi connectivity index (χ2v) is 7.84. The highest BCUT2D eigenvalue weighted by Crippen LogP contribution is 2.36. The SMILES string of the molecule is O=C1NC2(CO1)CN(C(=O)[C@H]1C[C@@H](OCc3ccc(Cl)c(Cl)c3)C1)C2. The van der Waals surface area contributed by atoms with E-state index in [-0.39, 0.29) is 23.5 Å². The van der Waals surface area contributed by atoms with E-state index in [4.69, 9.17) is 32.7 Å². The maximum Gasteiger partial charge on any atom is 0.407 e. The number of nitrogens with zero attached hydrogens (tertiary/aromatic N) is 1. The predicted octanol–water partition coefficient (Wildman–Crippen LogP) is 2.61. The topological polar surface area (TPSA) is 67.9 Å². The molecule has 1 aromatic rings. The van der Waals surface area contributed by atoms with Crippen LogP contribution in [0.5, 0.6) is 0 Å². The molecule has 0 unspecified atom stereocenters. The standard InChI is InChI=1S/C17H18Cl2N2O4/c18-13-2-1-10(3-14(13)19)6-24-12-4-11(5-12)15(22)21-7-17(8-21)9-25-16(23)20-17/h1-3,11-12H,4-9H2,(H,20,23)/t11-,12+. The first-order chi connectivity index (χ1) is 11.9. The molecule has 2 aliphatic heterocycles. The number of nitrogens with one attached hydrogen (secondary N) is 1.